The molecule has 8 heteroatoms. The number of amides is 3. The third kappa shape index (κ3) is 3.28. The van der Waals surface area contributed by atoms with Crippen LogP contribution in [-0.2, 0) is 9.59 Å². The summed E-state index contributed by atoms with van der Waals surface area (Å²) in [5.74, 6) is -0.709. The molecule has 160 valence electrons. The Morgan fingerprint density at radius 2 is 1.58 bits per heavy atom. The standard InChI is InChI=1S/C23H19Br2ClN2O3/c1-10-2-5-12(26)8-16(10)27-21(29)11-3-6-13(7-4-11)28-22(30)17-14-9-15(18(17)23(28)31)20(25)19(14)24/h2-8,14-15,17-20H,9H2,1H3,(H,27,29)/t14-,15-,17-,18+,19-,20+/m1/s1. The Kier molecular flexibility index (Phi) is 5.26. The fraction of sp³-hybridized carbons (Fsp3) is 0.348. The summed E-state index contributed by atoms with van der Waals surface area (Å²) in [5.41, 5.74) is 2.49. The number of aryl methyl sites for hydroxylation is 1. The Bertz CT molecular complexity index is 1070. The van der Waals surface area contributed by atoms with Crippen molar-refractivity contribution in [3.8, 4) is 0 Å². The third-order valence-corrected chi connectivity index (χ3v) is 10.3. The molecule has 0 aromatic heterocycles. The zero-order chi connectivity index (χ0) is 22.0. The molecule has 2 aliphatic carbocycles. The molecule has 2 bridgehead atoms. The highest BCUT2D eigenvalue weighted by Crippen LogP contribution is 2.60. The summed E-state index contributed by atoms with van der Waals surface area (Å²) in [6.07, 6.45) is 0.897. The summed E-state index contributed by atoms with van der Waals surface area (Å²) in [6, 6.07) is 11.9. The predicted octanol–water partition coefficient (Wildman–Crippen LogP) is 5.18. The summed E-state index contributed by atoms with van der Waals surface area (Å²) < 4.78 is 0. The van der Waals surface area contributed by atoms with Crippen LogP contribution in [0.15, 0.2) is 42.5 Å². The van der Waals surface area contributed by atoms with Gasteiger partial charge in [-0.3, -0.25) is 19.3 Å². The van der Waals surface area contributed by atoms with Gasteiger partial charge in [0.15, 0.2) is 0 Å². The van der Waals surface area contributed by atoms with Crippen LogP contribution in [0.5, 0.6) is 0 Å². The van der Waals surface area contributed by atoms with Crippen LogP contribution in [0.2, 0.25) is 5.02 Å². The van der Waals surface area contributed by atoms with Crippen molar-refractivity contribution in [3.05, 3.63) is 58.6 Å². The first-order valence-electron chi connectivity index (χ1n) is 10.1. The van der Waals surface area contributed by atoms with Crippen molar-refractivity contribution >= 4 is 72.6 Å². The van der Waals surface area contributed by atoms with Gasteiger partial charge in [0, 0.05) is 25.9 Å². The molecule has 2 aromatic rings. The predicted molar refractivity (Wildman–Crippen MR) is 127 cm³/mol. The van der Waals surface area contributed by atoms with Crippen molar-refractivity contribution in [1.29, 1.82) is 0 Å². The van der Waals surface area contributed by atoms with Gasteiger partial charge in [0.05, 0.1) is 17.5 Å². The topological polar surface area (TPSA) is 66.5 Å². The molecule has 0 radical (unpaired) electrons. The highest BCUT2D eigenvalue weighted by molar-refractivity contribution is 9.12. The zero-order valence-corrected chi connectivity index (χ0v) is 20.4. The fourth-order valence-corrected chi connectivity index (χ4v) is 7.33. The van der Waals surface area contributed by atoms with Gasteiger partial charge in [0.1, 0.15) is 0 Å². The average Bonchev–Trinajstić information content (AvgIpc) is 3.36. The molecule has 5 nitrogen and oxygen atoms in total. The number of benzene rings is 2. The smallest absolute Gasteiger partial charge is 0.255 e. The molecule has 2 aromatic carbocycles. The number of nitrogens with one attached hydrogen (secondary N) is 1. The van der Waals surface area contributed by atoms with Gasteiger partial charge in [0.25, 0.3) is 5.91 Å². The van der Waals surface area contributed by atoms with Crippen LogP contribution >= 0.6 is 43.5 Å². The van der Waals surface area contributed by atoms with Gasteiger partial charge in [-0.1, -0.05) is 49.5 Å². The first kappa shape index (κ1) is 21.2. The Labute approximate surface area is 201 Å². The molecule has 1 heterocycles. The van der Waals surface area contributed by atoms with Gasteiger partial charge >= 0.3 is 0 Å². The van der Waals surface area contributed by atoms with Crippen LogP contribution in [0.25, 0.3) is 0 Å². The van der Waals surface area contributed by atoms with Crippen molar-refractivity contribution in [2.75, 3.05) is 10.2 Å². The van der Waals surface area contributed by atoms with Crippen molar-refractivity contribution in [1.82, 2.24) is 0 Å². The van der Waals surface area contributed by atoms with Crippen LogP contribution in [0.4, 0.5) is 11.4 Å². The van der Waals surface area contributed by atoms with E-state index in [1.54, 1.807) is 36.4 Å². The third-order valence-electron chi connectivity index (χ3n) is 6.82. The van der Waals surface area contributed by atoms with E-state index < -0.39 is 0 Å². The number of hydrogen-bond acceptors (Lipinski definition) is 3. The van der Waals surface area contributed by atoms with Crippen molar-refractivity contribution < 1.29 is 14.4 Å². The van der Waals surface area contributed by atoms with Gasteiger partial charge in [-0.05, 0) is 67.1 Å². The molecule has 0 spiro atoms. The minimum Gasteiger partial charge on any atom is -0.322 e. The molecule has 3 amide bonds. The van der Waals surface area contributed by atoms with E-state index in [1.807, 2.05) is 13.0 Å². The summed E-state index contributed by atoms with van der Waals surface area (Å²) in [6.45, 7) is 1.89. The summed E-state index contributed by atoms with van der Waals surface area (Å²) in [7, 11) is 0. The largest absolute Gasteiger partial charge is 0.322 e. The second-order valence-corrected chi connectivity index (χ2v) is 11.0. The van der Waals surface area contributed by atoms with E-state index >= 15 is 0 Å². The van der Waals surface area contributed by atoms with E-state index in [1.165, 1.54) is 4.90 Å². The van der Waals surface area contributed by atoms with Gasteiger partial charge in [-0.2, -0.15) is 0 Å². The quantitative estimate of drug-likeness (QED) is 0.411. The van der Waals surface area contributed by atoms with Crippen molar-refractivity contribution in [2.24, 2.45) is 23.7 Å². The normalized spacial score (nSPS) is 31.3. The van der Waals surface area contributed by atoms with Crippen LogP contribution in [0.1, 0.15) is 22.3 Å². The maximum atomic E-state index is 13.1. The van der Waals surface area contributed by atoms with E-state index in [0.29, 0.717) is 22.0 Å². The number of anilines is 2. The number of hydrogen-bond donors (Lipinski definition) is 1. The highest BCUT2D eigenvalue weighted by Gasteiger charge is 2.66. The van der Waals surface area contributed by atoms with E-state index in [-0.39, 0.29) is 51.0 Å². The van der Waals surface area contributed by atoms with Crippen LogP contribution in [0, 0.1) is 30.6 Å². The lowest BCUT2D eigenvalue weighted by Crippen LogP contribution is -2.37. The molecule has 0 unspecified atom stereocenters. The molecule has 2 saturated carbocycles. The Morgan fingerprint density at radius 3 is 2.16 bits per heavy atom. The SMILES string of the molecule is Cc1ccc(Cl)cc1NC(=O)c1ccc(N2C(=O)[C@@H]3[C@H]4C[C@@H]([C@H](Br)[C@@H]4Br)[C@@H]3C2=O)cc1. The molecule has 6 atom stereocenters. The molecule has 1 aliphatic heterocycles. The number of imide groups is 1. The first-order chi connectivity index (χ1) is 14.8. The zero-order valence-electron chi connectivity index (χ0n) is 16.5. The van der Waals surface area contributed by atoms with E-state index in [4.69, 9.17) is 11.6 Å². The van der Waals surface area contributed by atoms with Gasteiger partial charge < -0.3 is 5.32 Å². The van der Waals surface area contributed by atoms with Crippen LogP contribution < -0.4 is 10.2 Å². The monoisotopic (exact) mass is 564 g/mol. The molecule has 1 N–H and O–H groups in total. The lowest BCUT2D eigenvalue weighted by Gasteiger charge is -2.28. The van der Waals surface area contributed by atoms with E-state index in [9.17, 15) is 14.4 Å². The van der Waals surface area contributed by atoms with Crippen molar-refractivity contribution in [3.63, 3.8) is 0 Å². The molecular formula is C23H19Br2ClN2O3. The molecule has 1 saturated heterocycles. The number of nitrogens with zero attached hydrogens (tertiary/aromatic N) is 1. The second-order valence-electron chi connectivity index (χ2n) is 8.48. The lowest BCUT2D eigenvalue weighted by atomic mass is 9.81. The fourth-order valence-electron chi connectivity index (χ4n) is 5.29. The second kappa shape index (κ2) is 7.71. The molecule has 3 fully saturated rings. The Morgan fingerprint density at radius 1 is 1.00 bits per heavy atom. The molecule has 31 heavy (non-hydrogen) atoms. The molecule has 3 aliphatic rings. The first-order valence-corrected chi connectivity index (χ1v) is 12.3. The summed E-state index contributed by atoms with van der Waals surface area (Å²) >= 11 is 13.4. The minimum atomic E-state index is -0.282. The number of halogens is 3. The van der Waals surface area contributed by atoms with E-state index in [2.05, 4.69) is 37.2 Å². The minimum absolute atomic E-state index is 0.127. The number of fused-ring (bicyclic) bond motifs is 5. The maximum Gasteiger partial charge on any atom is 0.255 e. The average molecular weight is 567 g/mol. The number of rotatable bonds is 3. The van der Waals surface area contributed by atoms with Crippen molar-refractivity contribution in [2.45, 2.75) is 23.0 Å². The van der Waals surface area contributed by atoms with Gasteiger partial charge in [0.2, 0.25) is 11.8 Å². The highest BCUT2D eigenvalue weighted by atomic mass is 79.9. The lowest BCUT2D eigenvalue weighted by molar-refractivity contribution is -0.123. The van der Waals surface area contributed by atoms with Gasteiger partial charge in [-0.15, -0.1) is 0 Å². The summed E-state index contributed by atoms with van der Waals surface area (Å²) in [5, 5.41) is 3.39. The Balaban J connectivity index is 1.36. The van der Waals surface area contributed by atoms with E-state index in [0.717, 1.165) is 12.0 Å². The summed E-state index contributed by atoms with van der Waals surface area (Å²) in [4.78, 5) is 40.7. The maximum absolute atomic E-state index is 13.1. The van der Waals surface area contributed by atoms with Crippen LogP contribution in [-0.4, -0.2) is 27.4 Å². The molecular weight excluding hydrogens is 548 g/mol. The number of carbonyl (C=O) groups is 3. The molecule has 5 rings (SSSR count). The van der Waals surface area contributed by atoms with Crippen LogP contribution in [0.3, 0.4) is 0 Å². The van der Waals surface area contributed by atoms with Gasteiger partial charge in [-0.25, -0.2) is 0 Å². The Hall–Kier alpha value is -1.70. The number of carbonyl (C=O) groups excluding carboxylic acids is 3. The number of alkyl halides is 2.